The van der Waals surface area contributed by atoms with Crippen LogP contribution in [0.2, 0.25) is 0 Å². The van der Waals surface area contributed by atoms with Crippen LogP contribution in [0.4, 0.5) is 0 Å². The molecule has 0 bridgehead atoms. The fourth-order valence-electron chi connectivity index (χ4n) is 7.18. The normalized spacial score (nSPS) is 25.5. The van der Waals surface area contributed by atoms with E-state index in [1.165, 1.54) is 114 Å². The fourth-order valence-corrected chi connectivity index (χ4v) is 7.18. The van der Waals surface area contributed by atoms with E-state index in [1.807, 2.05) is 0 Å². The highest BCUT2D eigenvalue weighted by molar-refractivity contribution is 5.64. The molecule has 2 aromatic rings. The van der Waals surface area contributed by atoms with Crippen LogP contribution in [0.5, 0.6) is 0 Å². The van der Waals surface area contributed by atoms with E-state index in [1.54, 1.807) is 11.1 Å². The summed E-state index contributed by atoms with van der Waals surface area (Å²) in [6, 6.07) is 19.2. The number of hydrogen-bond acceptors (Lipinski definition) is 0. The molecule has 0 heterocycles. The lowest BCUT2D eigenvalue weighted by Crippen LogP contribution is -2.15. The van der Waals surface area contributed by atoms with E-state index in [0.29, 0.717) is 0 Å². The summed E-state index contributed by atoms with van der Waals surface area (Å²) >= 11 is 0. The van der Waals surface area contributed by atoms with Crippen LogP contribution in [0.15, 0.2) is 48.5 Å². The van der Waals surface area contributed by atoms with Crippen LogP contribution < -0.4 is 0 Å². The van der Waals surface area contributed by atoms with Gasteiger partial charge in [0.15, 0.2) is 0 Å². The predicted octanol–water partition coefficient (Wildman–Crippen LogP) is 11.7. The Kier molecular flexibility index (Phi) is 11.0. The van der Waals surface area contributed by atoms with Gasteiger partial charge in [-0.15, -0.1) is 0 Å². The van der Waals surface area contributed by atoms with Gasteiger partial charge >= 0.3 is 0 Å². The number of hydrogen-bond donors (Lipinski definition) is 0. The van der Waals surface area contributed by atoms with Crippen molar-refractivity contribution in [1.82, 2.24) is 0 Å². The minimum Gasteiger partial charge on any atom is -0.0654 e. The zero-order valence-corrected chi connectivity index (χ0v) is 23.8. The Balaban J connectivity index is 1.23. The first-order chi connectivity index (χ1) is 17.7. The number of rotatable bonds is 12. The molecular formula is C36H54. The highest BCUT2D eigenvalue weighted by atomic mass is 14.3. The van der Waals surface area contributed by atoms with Gasteiger partial charge in [-0.3, -0.25) is 0 Å². The Morgan fingerprint density at radius 2 is 1.06 bits per heavy atom. The van der Waals surface area contributed by atoms with Crippen molar-refractivity contribution in [2.45, 2.75) is 135 Å². The molecule has 36 heavy (non-hydrogen) atoms. The highest BCUT2D eigenvalue weighted by Crippen LogP contribution is 2.40. The largest absolute Gasteiger partial charge is 0.0654 e. The van der Waals surface area contributed by atoms with E-state index in [9.17, 15) is 0 Å². The third kappa shape index (κ3) is 7.97. The summed E-state index contributed by atoms with van der Waals surface area (Å²) in [7, 11) is 0. The van der Waals surface area contributed by atoms with Gasteiger partial charge in [0.1, 0.15) is 0 Å². The summed E-state index contributed by atoms with van der Waals surface area (Å²) in [6.07, 6.45) is 22.7. The average Bonchev–Trinajstić information content (AvgIpc) is 2.94. The number of unbranched alkanes of at least 4 members (excludes halogenated alkanes) is 4. The monoisotopic (exact) mass is 486 g/mol. The van der Waals surface area contributed by atoms with Crippen molar-refractivity contribution in [3.63, 3.8) is 0 Å². The van der Waals surface area contributed by atoms with Crippen molar-refractivity contribution < 1.29 is 0 Å². The molecule has 0 spiro atoms. The lowest BCUT2D eigenvalue weighted by Gasteiger charge is -2.30. The van der Waals surface area contributed by atoms with Crippen molar-refractivity contribution in [1.29, 1.82) is 0 Å². The van der Waals surface area contributed by atoms with Crippen LogP contribution in [0.25, 0.3) is 11.1 Å². The van der Waals surface area contributed by atoms with E-state index in [2.05, 4.69) is 69.3 Å². The molecule has 2 aliphatic carbocycles. The van der Waals surface area contributed by atoms with E-state index < -0.39 is 0 Å². The van der Waals surface area contributed by atoms with Crippen LogP contribution in [-0.2, 0) is 0 Å². The molecule has 0 nitrogen and oxygen atoms in total. The first-order valence-electron chi connectivity index (χ1n) is 15.9. The van der Waals surface area contributed by atoms with Crippen molar-refractivity contribution in [3.8, 4) is 11.1 Å². The quantitative estimate of drug-likeness (QED) is 0.262. The van der Waals surface area contributed by atoms with E-state index in [0.717, 1.165) is 29.6 Å². The molecule has 0 amide bonds. The summed E-state index contributed by atoms with van der Waals surface area (Å²) in [6.45, 7) is 7.08. The Bertz CT molecular complexity index is 844. The molecule has 1 atom stereocenters. The van der Waals surface area contributed by atoms with Gasteiger partial charge in [0.05, 0.1) is 0 Å². The Hall–Kier alpha value is -1.56. The zero-order chi connectivity index (χ0) is 25.2. The molecule has 0 saturated heterocycles. The maximum Gasteiger partial charge on any atom is -0.0162 e. The molecule has 0 aromatic heterocycles. The maximum absolute atomic E-state index is 2.43. The van der Waals surface area contributed by atoms with Gasteiger partial charge in [0, 0.05) is 0 Å². The second-order valence-corrected chi connectivity index (χ2v) is 12.6. The van der Waals surface area contributed by atoms with Gasteiger partial charge in [-0.2, -0.15) is 0 Å². The van der Waals surface area contributed by atoms with Crippen LogP contribution in [-0.4, -0.2) is 0 Å². The minimum atomic E-state index is 0.779. The SMILES string of the molecule is CCCCCCCC1CCC(c2ccc(-c3ccc(C4CCC(CC(C)CC)CC4)cc3)cc2)CC1. The van der Waals surface area contributed by atoms with E-state index >= 15 is 0 Å². The van der Waals surface area contributed by atoms with Crippen LogP contribution in [0.1, 0.15) is 146 Å². The first-order valence-corrected chi connectivity index (χ1v) is 15.9. The molecule has 2 fully saturated rings. The Labute approximate surface area is 223 Å². The van der Waals surface area contributed by atoms with Gasteiger partial charge in [-0.1, -0.05) is 114 Å². The third-order valence-corrected chi connectivity index (χ3v) is 9.94. The molecule has 0 heteroatoms. The van der Waals surface area contributed by atoms with Crippen LogP contribution in [0.3, 0.4) is 0 Å². The van der Waals surface area contributed by atoms with E-state index in [4.69, 9.17) is 0 Å². The summed E-state index contributed by atoms with van der Waals surface area (Å²) in [5.74, 6) is 4.43. The minimum absolute atomic E-state index is 0.779. The van der Waals surface area contributed by atoms with Crippen molar-refractivity contribution >= 4 is 0 Å². The summed E-state index contributed by atoms with van der Waals surface area (Å²) < 4.78 is 0. The molecule has 2 aromatic carbocycles. The standard InChI is InChI=1S/C36H54/c1-4-6-7-8-9-10-29-11-15-31(16-12-29)33-19-23-35(24-20-33)36-25-21-34(22-26-36)32-17-13-30(14-18-32)27-28(3)5-2/h19-26,28-32H,4-18,27H2,1-3H3. The summed E-state index contributed by atoms with van der Waals surface area (Å²) in [5, 5.41) is 0. The second-order valence-electron chi connectivity index (χ2n) is 12.6. The Morgan fingerprint density at radius 3 is 1.53 bits per heavy atom. The van der Waals surface area contributed by atoms with Crippen molar-refractivity contribution in [2.75, 3.05) is 0 Å². The summed E-state index contributed by atoms with van der Waals surface area (Å²) in [5.41, 5.74) is 5.90. The average molecular weight is 487 g/mol. The maximum atomic E-state index is 2.43. The lowest BCUT2D eigenvalue weighted by molar-refractivity contribution is 0.273. The van der Waals surface area contributed by atoms with Crippen LogP contribution >= 0.6 is 0 Å². The molecule has 0 aliphatic heterocycles. The van der Waals surface area contributed by atoms with E-state index in [-0.39, 0.29) is 0 Å². The molecule has 2 aliphatic rings. The van der Waals surface area contributed by atoms with Gasteiger partial charge in [0.2, 0.25) is 0 Å². The molecule has 4 rings (SSSR count). The molecular weight excluding hydrogens is 432 g/mol. The van der Waals surface area contributed by atoms with Crippen molar-refractivity contribution in [2.24, 2.45) is 17.8 Å². The van der Waals surface area contributed by atoms with Gasteiger partial charge in [0.25, 0.3) is 0 Å². The highest BCUT2D eigenvalue weighted by Gasteiger charge is 2.24. The zero-order valence-electron chi connectivity index (χ0n) is 23.8. The second kappa shape index (κ2) is 14.4. The first kappa shape index (κ1) is 27.5. The van der Waals surface area contributed by atoms with Crippen LogP contribution in [0, 0.1) is 17.8 Å². The number of benzene rings is 2. The fraction of sp³-hybridized carbons (Fsp3) is 0.667. The topological polar surface area (TPSA) is 0 Å². The molecule has 1 unspecified atom stereocenters. The lowest BCUT2D eigenvalue weighted by atomic mass is 9.75. The Morgan fingerprint density at radius 1 is 0.583 bits per heavy atom. The van der Waals surface area contributed by atoms with Gasteiger partial charge < -0.3 is 0 Å². The summed E-state index contributed by atoms with van der Waals surface area (Å²) in [4.78, 5) is 0. The van der Waals surface area contributed by atoms with Gasteiger partial charge in [-0.05, 0) is 110 Å². The van der Waals surface area contributed by atoms with Gasteiger partial charge in [-0.25, -0.2) is 0 Å². The smallest absolute Gasteiger partial charge is 0.0162 e. The molecule has 2 saturated carbocycles. The van der Waals surface area contributed by atoms with Crippen molar-refractivity contribution in [3.05, 3.63) is 59.7 Å². The molecule has 0 N–H and O–H groups in total. The third-order valence-electron chi connectivity index (χ3n) is 9.94. The molecule has 198 valence electrons. The molecule has 0 radical (unpaired) electrons. The predicted molar refractivity (Wildman–Crippen MR) is 159 cm³/mol.